The van der Waals surface area contributed by atoms with Gasteiger partial charge in [0.05, 0.1) is 18.8 Å². The van der Waals surface area contributed by atoms with E-state index in [2.05, 4.69) is 10.00 Å². The highest BCUT2D eigenvalue weighted by Crippen LogP contribution is 2.21. The van der Waals surface area contributed by atoms with E-state index in [1.165, 1.54) is 12.1 Å². The molecule has 1 N–H and O–H groups in total. The zero-order chi connectivity index (χ0) is 13.4. The maximum absolute atomic E-state index is 12.9. The van der Waals surface area contributed by atoms with Crippen LogP contribution in [0.2, 0.25) is 0 Å². The summed E-state index contributed by atoms with van der Waals surface area (Å²) in [6.07, 6.45) is 0. The first-order chi connectivity index (χ1) is 9.13. The van der Waals surface area contributed by atoms with Gasteiger partial charge in [-0.25, -0.2) is 9.18 Å². The number of hydrogen-bond donors (Lipinski definition) is 1. The second kappa shape index (κ2) is 5.50. The Bertz CT molecular complexity index is 627. The molecule has 5 nitrogen and oxygen atoms in total. The summed E-state index contributed by atoms with van der Waals surface area (Å²) in [4.78, 5) is 12.9. The van der Waals surface area contributed by atoms with Crippen molar-refractivity contribution in [1.82, 2.24) is 9.78 Å². The molecule has 0 fully saturated rings. The monoisotopic (exact) mass is 297 g/mol. The number of benzene rings is 1. The molecule has 0 atom stereocenters. The number of fused-ring (bicyclic) bond motifs is 1. The molecule has 0 saturated heterocycles. The van der Waals surface area contributed by atoms with Gasteiger partial charge in [-0.05, 0) is 30.3 Å². The van der Waals surface area contributed by atoms with E-state index in [0.29, 0.717) is 13.1 Å². The molecule has 106 valence electrons. The third-order valence-electron chi connectivity index (χ3n) is 3.21. The predicted molar refractivity (Wildman–Crippen MR) is 73.9 cm³/mol. The number of hydrogen-bond acceptors (Lipinski definition) is 3. The normalized spacial score (nSPS) is 13.6. The van der Waals surface area contributed by atoms with Gasteiger partial charge in [0.15, 0.2) is 5.69 Å². The van der Waals surface area contributed by atoms with E-state index < -0.39 is 5.97 Å². The lowest BCUT2D eigenvalue weighted by Crippen LogP contribution is -2.33. The van der Waals surface area contributed by atoms with E-state index in [4.69, 9.17) is 5.11 Å². The molecule has 2 aromatic rings. The van der Waals surface area contributed by atoms with Gasteiger partial charge in [-0.1, -0.05) is 0 Å². The molecule has 1 aliphatic rings. The van der Waals surface area contributed by atoms with Gasteiger partial charge in [-0.2, -0.15) is 5.10 Å². The average Bonchev–Trinajstić information content (AvgIpc) is 2.82. The highest BCUT2D eigenvalue weighted by Gasteiger charge is 2.20. The standard InChI is InChI=1S/C13H12FN3O2.ClH/c14-9-1-3-10(4-2-9)16-5-6-17-11(8-16)7-12(15-17)13(18)19;/h1-4,7H,5-6,8H2,(H,18,19);1H. The number of halogens is 2. The smallest absolute Gasteiger partial charge is 0.356 e. The predicted octanol–water partition coefficient (Wildman–Crippen LogP) is 2.16. The molecule has 0 saturated carbocycles. The van der Waals surface area contributed by atoms with Crippen molar-refractivity contribution in [2.75, 3.05) is 11.4 Å². The number of aromatic nitrogens is 2. The summed E-state index contributed by atoms with van der Waals surface area (Å²) in [5, 5.41) is 12.9. The van der Waals surface area contributed by atoms with Crippen LogP contribution in [0.3, 0.4) is 0 Å². The van der Waals surface area contributed by atoms with Crippen molar-refractivity contribution < 1.29 is 14.3 Å². The molecular formula is C13H13ClFN3O2. The minimum Gasteiger partial charge on any atom is -0.476 e. The van der Waals surface area contributed by atoms with Crippen LogP contribution < -0.4 is 4.90 Å². The zero-order valence-electron chi connectivity index (χ0n) is 10.5. The van der Waals surface area contributed by atoms with E-state index in [0.717, 1.165) is 17.9 Å². The summed E-state index contributed by atoms with van der Waals surface area (Å²) >= 11 is 0. The van der Waals surface area contributed by atoms with E-state index >= 15 is 0 Å². The Morgan fingerprint density at radius 1 is 1.25 bits per heavy atom. The van der Waals surface area contributed by atoms with Crippen molar-refractivity contribution in [3.8, 4) is 0 Å². The fourth-order valence-corrected chi connectivity index (χ4v) is 2.24. The molecule has 7 heteroatoms. The molecule has 3 rings (SSSR count). The highest BCUT2D eigenvalue weighted by molar-refractivity contribution is 5.85. The molecule has 0 amide bonds. The minimum atomic E-state index is -1.02. The first kappa shape index (κ1) is 14.3. The third-order valence-corrected chi connectivity index (χ3v) is 3.21. The summed E-state index contributed by atoms with van der Waals surface area (Å²) in [6.45, 7) is 1.92. The number of nitrogens with zero attached hydrogens (tertiary/aromatic N) is 3. The number of anilines is 1. The van der Waals surface area contributed by atoms with Crippen LogP contribution in [0.5, 0.6) is 0 Å². The fourth-order valence-electron chi connectivity index (χ4n) is 2.24. The highest BCUT2D eigenvalue weighted by atomic mass is 35.5. The molecular weight excluding hydrogens is 285 g/mol. The average molecular weight is 298 g/mol. The third kappa shape index (κ3) is 2.60. The Hall–Kier alpha value is -2.08. The van der Waals surface area contributed by atoms with Crippen LogP contribution >= 0.6 is 12.4 Å². The molecule has 20 heavy (non-hydrogen) atoms. The Morgan fingerprint density at radius 2 is 1.95 bits per heavy atom. The number of carboxylic acid groups (broad SMARTS) is 1. The number of carboxylic acids is 1. The molecule has 2 heterocycles. The van der Waals surface area contributed by atoms with Crippen molar-refractivity contribution in [1.29, 1.82) is 0 Å². The van der Waals surface area contributed by atoms with Crippen LogP contribution in [0, 0.1) is 5.82 Å². The van der Waals surface area contributed by atoms with E-state index in [9.17, 15) is 9.18 Å². The SMILES string of the molecule is Cl.O=C(O)c1cc2n(n1)CCN(c1ccc(F)cc1)C2. The second-order valence-corrected chi connectivity index (χ2v) is 4.45. The maximum atomic E-state index is 12.9. The Morgan fingerprint density at radius 3 is 2.60 bits per heavy atom. The zero-order valence-corrected chi connectivity index (χ0v) is 11.3. The molecule has 1 aromatic carbocycles. The summed E-state index contributed by atoms with van der Waals surface area (Å²) in [6, 6.07) is 7.87. The van der Waals surface area contributed by atoms with E-state index in [-0.39, 0.29) is 23.9 Å². The van der Waals surface area contributed by atoms with Crippen molar-refractivity contribution in [2.45, 2.75) is 13.1 Å². The number of rotatable bonds is 2. The van der Waals surface area contributed by atoms with Gasteiger partial charge in [0.1, 0.15) is 5.82 Å². The summed E-state index contributed by atoms with van der Waals surface area (Å²) in [7, 11) is 0. The van der Waals surface area contributed by atoms with E-state index in [1.807, 2.05) is 0 Å². The topological polar surface area (TPSA) is 58.4 Å². The summed E-state index contributed by atoms with van der Waals surface area (Å²) in [5.74, 6) is -1.28. The molecule has 1 aliphatic heterocycles. The van der Waals surface area contributed by atoms with Crippen molar-refractivity contribution in [3.05, 3.63) is 47.5 Å². The van der Waals surface area contributed by atoms with E-state index in [1.54, 1.807) is 22.9 Å². The summed E-state index contributed by atoms with van der Waals surface area (Å²) in [5.41, 5.74) is 1.84. The quantitative estimate of drug-likeness (QED) is 0.923. The van der Waals surface area contributed by atoms with Crippen molar-refractivity contribution in [3.63, 3.8) is 0 Å². The van der Waals surface area contributed by atoms with Gasteiger partial charge in [-0.3, -0.25) is 4.68 Å². The van der Waals surface area contributed by atoms with Gasteiger partial charge >= 0.3 is 5.97 Å². The Kier molecular flexibility index (Phi) is 3.94. The molecule has 0 spiro atoms. The maximum Gasteiger partial charge on any atom is 0.356 e. The lowest BCUT2D eigenvalue weighted by Gasteiger charge is -2.29. The molecule has 1 aromatic heterocycles. The Balaban J connectivity index is 0.00000147. The molecule has 0 radical (unpaired) electrons. The van der Waals surface area contributed by atoms with Gasteiger partial charge in [-0.15, -0.1) is 12.4 Å². The number of carbonyl (C=O) groups is 1. The summed E-state index contributed by atoms with van der Waals surface area (Å²) < 4.78 is 14.6. The van der Waals surface area contributed by atoms with Crippen LogP contribution in [-0.4, -0.2) is 27.4 Å². The van der Waals surface area contributed by atoms with Crippen LogP contribution in [0.4, 0.5) is 10.1 Å². The van der Waals surface area contributed by atoms with Crippen LogP contribution in [0.15, 0.2) is 30.3 Å². The minimum absolute atomic E-state index is 0. The van der Waals surface area contributed by atoms with Crippen molar-refractivity contribution in [2.24, 2.45) is 0 Å². The van der Waals surface area contributed by atoms with Gasteiger partial charge in [0.2, 0.25) is 0 Å². The lowest BCUT2D eigenvalue weighted by atomic mass is 10.2. The van der Waals surface area contributed by atoms with Gasteiger partial charge in [0.25, 0.3) is 0 Å². The largest absolute Gasteiger partial charge is 0.476 e. The van der Waals surface area contributed by atoms with Crippen LogP contribution in [0.25, 0.3) is 0 Å². The second-order valence-electron chi connectivity index (χ2n) is 4.45. The lowest BCUT2D eigenvalue weighted by molar-refractivity contribution is 0.0689. The number of aromatic carboxylic acids is 1. The van der Waals surface area contributed by atoms with Crippen LogP contribution in [0.1, 0.15) is 16.2 Å². The fraction of sp³-hybridized carbons (Fsp3) is 0.231. The first-order valence-electron chi connectivity index (χ1n) is 5.94. The first-order valence-corrected chi connectivity index (χ1v) is 5.94. The Labute approximate surface area is 121 Å². The van der Waals surface area contributed by atoms with Gasteiger partial charge < -0.3 is 10.0 Å². The molecule has 0 unspecified atom stereocenters. The molecule has 0 aliphatic carbocycles. The van der Waals surface area contributed by atoms with Crippen LogP contribution in [-0.2, 0) is 13.1 Å². The van der Waals surface area contributed by atoms with Crippen molar-refractivity contribution >= 4 is 24.1 Å². The molecule has 0 bridgehead atoms. The van der Waals surface area contributed by atoms with Gasteiger partial charge in [0, 0.05) is 12.2 Å².